The second-order valence-electron chi connectivity index (χ2n) is 6.57. The van der Waals surface area contributed by atoms with E-state index in [0.717, 1.165) is 4.88 Å². The van der Waals surface area contributed by atoms with E-state index in [1.165, 1.54) is 17.6 Å². The van der Waals surface area contributed by atoms with Crippen LogP contribution in [0.2, 0.25) is 0 Å². The summed E-state index contributed by atoms with van der Waals surface area (Å²) >= 11 is 1.43. The van der Waals surface area contributed by atoms with Crippen molar-refractivity contribution >= 4 is 34.7 Å². The minimum atomic E-state index is -0.347. The number of carbonyl (C=O) groups is 3. The highest BCUT2D eigenvalue weighted by atomic mass is 32.1. The lowest BCUT2D eigenvalue weighted by Gasteiger charge is -2.34. The van der Waals surface area contributed by atoms with E-state index >= 15 is 0 Å². The van der Waals surface area contributed by atoms with Crippen LogP contribution in [0.15, 0.2) is 64.6 Å². The number of piperazine rings is 1. The van der Waals surface area contributed by atoms with Crippen LogP contribution < -0.4 is 5.32 Å². The topological polar surface area (TPSA) is 82.9 Å². The Balaban J connectivity index is 1.33. The van der Waals surface area contributed by atoms with Gasteiger partial charge in [0, 0.05) is 37.4 Å². The molecule has 1 aliphatic heterocycles. The molecule has 148 valence electrons. The quantitative estimate of drug-likeness (QED) is 0.717. The molecule has 3 aromatic rings. The van der Waals surface area contributed by atoms with Gasteiger partial charge in [0.05, 0.1) is 11.1 Å². The van der Waals surface area contributed by atoms with Crippen molar-refractivity contribution in [3.05, 3.63) is 76.4 Å². The Labute approximate surface area is 171 Å². The smallest absolute Gasteiger partial charge is 0.291 e. The average Bonchev–Trinajstić information content (AvgIpc) is 3.48. The third kappa shape index (κ3) is 4.22. The van der Waals surface area contributed by atoms with Crippen molar-refractivity contribution in [2.45, 2.75) is 0 Å². The molecule has 1 fully saturated rings. The Morgan fingerprint density at radius 3 is 2.14 bits per heavy atom. The number of amides is 3. The maximum absolute atomic E-state index is 12.7. The number of benzene rings is 1. The van der Waals surface area contributed by atoms with Crippen molar-refractivity contribution in [1.29, 1.82) is 0 Å². The lowest BCUT2D eigenvalue weighted by molar-refractivity contribution is 0.0538. The zero-order valence-electron chi connectivity index (χ0n) is 15.5. The second kappa shape index (κ2) is 8.32. The predicted octanol–water partition coefficient (Wildman–Crippen LogP) is 3.19. The number of anilines is 1. The standard InChI is InChI=1S/C21H19N3O4S/c25-19(17-3-1-13-28-17)22-16-7-5-15(6-8-16)20(26)23-9-11-24(12-10-23)21(27)18-4-2-14-29-18/h1-8,13-14H,9-12H2,(H,22,25). The van der Waals surface area contributed by atoms with E-state index in [1.807, 2.05) is 17.5 Å². The summed E-state index contributed by atoms with van der Waals surface area (Å²) in [6.45, 7) is 2.01. The molecule has 29 heavy (non-hydrogen) atoms. The van der Waals surface area contributed by atoms with Crippen LogP contribution in [-0.2, 0) is 0 Å². The van der Waals surface area contributed by atoms with Crippen molar-refractivity contribution in [2.75, 3.05) is 31.5 Å². The van der Waals surface area contributed by atoms with Crippen LogP contribution in [0.4, 0.5) is 5.69 Å². The Morgan fingerprint density at radius 1 is 0.862 bits per heavy atom. The predicted molar refractivity (Wildman–Crippen MR) is 109 cm³/mol. The third-order valence-electron chi connectivity index (χ3n) is 4.72. The first-order valence-electron chi connectivity index (χ1n) is 9.19. The molecule has 7 nitrogen and oxygen atoms in total. The fraction of sp³-hybridized carbons (Fsp3) is 0.190. The van der Waals surface area contributed by atoms with Crippen LogP contribution in [-0.4, -0.2) is 53.7 Å². The molecule has 1 aliphatic rings. The molecule has 1 N–H and O–H groups in total. The lowest BCUT2D eigenvalue weighted by atomic mass is 10.1. The van der Waals surface area contributed by atoms with Gasteiger partial charge >= 0.3 is 0 Å². The average molecular weight is 409 g/mol. The number of furan rings is 1. The SMILES string of the molecule is O=C(Nc1ccc(C(=O)N2CCN(C(=O)c3cccs3)CC2)cc1)c1ccco1. The first-order chi connectivity index (χ1) is 14.1. The summed E-state index contributed by atoms with van der Waals surface area (Å²) in [6, 6.07) is 13.6. The fourth-order valence-electron chi connectivity index (χ4n) is 3.15. The zero-order valence-corrected chi connectivity index (χ0v) is 16.4. The van der Waals surface area contributed by atoms with Crippen LogP contribution in [0.25, 0.3) is 0 Å². The highest BCUT2D eigenvalue weighted by Gasteiger charge is 2.25. The van der Waals surface area contributed by atoms with E-state index < -0.39 is 0 Å². The molecule has 3 heterocycles. The summed E-state index contributed by atoms with van der Waals surface area (Å²) in [6.07, 6.45) is 1.43. The molecule has 0 unspecified atom stereocenters. The van der Waals surface area contributed by atoms with E-state index in [2.05, 4.69) is 5.32 Å². The van der Waals surface area contributed by atoms with E-state index in [0.29, 0.717) is 37.4 Å². The van der Waals surface area contributed by atoms with Crippen LogP contribution in [0.1, 0.15) is 30.6 Å². The fourth-order valence-corrected chi connectivity index (χ4v) is 3.84. The summed E-state index contributed by atoms with van der Waals surface area (Å²) in [7, 11) is 0. The zero-order chi connectivity index (χ0) is 20.2. The summed E-state index contributed by atoms with van der Waals surface area (Å²) in [5.74, 6) is -0.193. The molecule has 3 amide bonds. The van der Waals surface area contributed by atoms with Gasteiger partial charge < -0.3 is 19.5 Å². The summed E-state index contributed by atoms with van der Waals surface area (Å²) in [5.41, 5.74) is 1.12. The van der Waals surface area contributed by atoms with E-state index in [4.69, 9.17) is 4.42 Å². The minimum absolute atomic E-state index is 0.0174. The van der Waals surface area contributed by atoms with Gasteiger partial charge in [-0.3, -0.25) is 14.4 Å². The van der Waals surface area contributed by atoms with Crippen LogP contribution in [0.3, 0.4) is 0 Å². The monoisotopic (exact) mass is 409 g/mol. The van der Waals surface area contributed by atoms with E-state index in [1.54, 1.807) is 46.2 Å². The van der Waals surface area contributed by atoms with E-state index in [9.17, 15) is 14.4 Å². The van der Waals surface area contributed by atoms with Gasteiger partial charge in [-0.25, -0.2) is 0 Å². The van der Waals surface area contributed by atoms with Gasteiger partial charge in [0.1, 0.15) is 0 Å². The molecular weight excluding hydrogens is 390 g/mol. The van der Waals surface area contributed by atoms with Gasteiger partial charge in [-0.2, -0.15) is 0 Å². The molecule has 1 saturated heterocycles. The largest absolute Gasteiger partial charge is 0.459 e. The van der Waals surface area contributed by atoms with Crippen LogP contribution >= 0.6 is 11.3 Å². The maximum Gasteiger partial charge on any atom is 0.291 e. The molecule has 2 aromatic heterocycles. The molecule has 0 aliphatic carbocycles. The number of hydrogen-bond donors (Lipinski definition) is 1. The Morgan fingerprint density at radius 2 is 1.55 bits per heavy atom. The molecular formula is C21H19N3O4S. The van der Waals surface area contributed by atoms with Gasteiger partial charge in [-0.05, 0) is 47.8 Å². The van der Waals surface area contributed by atoms with E-state index in [-0.39, 0.29) is 23.5 Å². The number of hydrogen-bond acceptors (Lipinski definition) is 5. The summed E-state index contributed by atoms with van der Waals surface area (Å²) in [4.78, 5) is 41.4. The normalized spacial score (nSPS) is 13.9. The number of nitrogens with zero attached hydrogens (tertiary/aromatic N) is 2. The van der Waals surface area contributed by atoms with Crippen molar-refractivity contribution < 1.29 is 18.8 Å². The molecule has 0 atom stereocenters. The number of thiophene rings is 1. The van der Waals surface area contributed by atoms with Crippen LogP contribution in [0, 0.1) is 0 Å². The Bertz CT molecular complexity index is 989. The number of rotatable bonds is 4. The molecule has 0 bridgehead atoms. The van der Waals surface area contributed by atoms with Crippen molar-refractivity contribution in [1.82, 2.24) is 9.80 Å². The molecule has 4 rings (SSSR count). The van der Waals surface area contributed by atoms with Gasteiger partial charge in [0.2, 0.25) is 0 Å². The van der Waals surface area contributed by atoms with Gasteiger partial charge in [-0.1, -0.05) is 6.07 Å². The first-order valence-corrected chi connectivity index (χ1v) is 10.1. The minimum Gasteiger partial charge on any atom is -0.459 e. The maximum atomic E-state index is 12.7. The Hall–Kier alpha value is -3.39. The van der Waals surface area contributed by atoms with Crippen LogP contribution in [0.5, 0.6) is 0 Å². The highest BCUT2D eigenvalue weighted by molar-refractivity contribution is 7.12. The third-order valence-corrected chi connectivity index (χ3v) is 5.58. The number of nitrogens with one attached hydrogen (secondary N) is 1. The lowest BCUT2D eigenvalue weighted by Crippen LogP contribution is -2.50. The molecule has 1 aromatic carbocycles. The molecule has 0 spiro atoms. The molecule has 8 heteroatoms. The van der Waals surface area contributed by atoms with Gasteiger partial charge in [0.25, 0.3) is 17.7 Å². The molecule has 0 saturated carbocycles. The second-order valence-corrected chi connectivity index (χ2v) is 7.52. The summed E-state index contributed by atoms with van der Waals surface area (Å²) in [5, 5.41) is 4.60. The van der Waals surface area contributed by atoms with Crippen molar-refractivity contribution in [3.63, 3.8) is 0 Å². The summed E-state index contributed by atoms with van der Waals surface area (Å²) < 4.78 is 5.06. The molecule has 0 radical (unpaired) electrons. The van der Waals surface area contributed by atoms with Crippen molar-refractivity contribution in [2.24, 2.45) is 0 Å². The van der Waals surface area contributed by atoms with Gasteiger partial charge in [-0.15, -0.1) is 11.3 Å². The number of carbonyl (C=O) groups excluding carboxylic acids is 3. The highest BCUT2D eigenvalue weighted by Crippen LogP contribution is 2.17. The first kappa shape index (κ1) is 18.9. The van der Waals surface area contributed by atoms with Gasteiger partial charge in [0.15, 0.2) is 5.76 Å². The Kier molecular flexibility index (Phi) is 5.44. The van der Waals surface area contributed by atoms with Crippen molar-refractivity contribution in [3.8, 4) is 0 Å².